The number of carbonyl (C=O) groups excluding carboxylic acids is 2. The number of thioether (sulfide) groups is 1. The first-order chi connectivity index (χ1) is 11.0. The molecule has 2 N–H and O–H groups in total. The highest BCUT2D eigenvalue weighted by Gasteiger charge is 2.35. The van der Waals surface area contributed by atoms with Crippen LogP contribution in [0.1, 0.15) is 11.1 Å². The van der Waals surface area contributed by atoms with E-state index in [-0.39, 0.29) is 28.2 Å². The Bertz CT molecular complexity index is 801. The molecule has 2 aromatic carbocycles. The lowest BCUT2D eigenvalue weighted by Crippen LogP contribution is -2.27. The minimum Gasteiger partial charge on any atom is -0.508 e. The number of phenolic OH excluding ortho intramolecular Hbond substituents is 2. The summed E-state index contributed by atoms with van der Waals surface area (Å²) in [6, 6.07) is 13.3. The van der Waals surface area contributed by atoms with Gasteiger partial charge >= 0.3 is 0 Å². The first kappa shape index (κ1) is 15.2. The average Bonchev–Trinajstić information content (AvgIpc) is 2.79. The lowest BCUT2D eigenvalue weighted by atomic mass is 10.1. The van der Waals surface area contributed by atoms with Gasteiger partial charge in [0.15, 0.2) is 0 Å². The Morgan fingerprint density at radius 2 is 1.78 bits per heavy atom. The van der Waals surface area contributed by atoms with Crippen LogP contribution in [0.4, 0.5) is 4.79 Å². The van der Waals surface area contributed by atoms with Gasteiger partial charge in [-0.15, -0.1) is 0 Å². The molecule has 1 fully saturated rings. The molecule has 0 unspecified atom stereocenters. The Balaban J connectivity index is 1.84. The van der Waals surface area contributed by atoms with Crippen molar-refractivity contribution in [1.29, 1.82) is 0 Å². The molecular formula is C17H13NO4S. The van der Waals surface area contributed by atoms with E-state index in [0.29, 0.717) is 5.56 Å². The van der Waals surface area contributed by atoms with E-state index < -0.39 is 5.91 Å². The number of nitrogens with zero attached hydrogens (tertiary/aromatic N) is 1. The van der Waals surface area contributed by atoms with E-state index in [1.54, 1.807) is 0 Å². The van der Waals surface area contributed by atoms with Gasteiger partial charge in [-0.1, -0.05) is 30.3 Å². The number of phenols is 2. The van der Waals surface area contributed by atoms with Crippen LogP contribution in [0, 0.1) is 0 Å². The third-order valence-electron chi connectivity index (χ3n) is 3.36. The molecule has 0 saturated carbocycles. The van der Waals surface area contributed by atoms with E-state index >= 15 is 0 Å². The molecule has 2 aromatic rings. The smallest absolute Gasteiger partial charge is 0.293 e. The number of rotatable bonds is 3. The molecule has 1 aliphatic heterocycles. The molecule has 0 spiro atoms. The Morgan fingerprint density at radius 1 is 1.04 bits per heavy atom. The van der Waals surface area contributed by atoms with Crippen LogP contribution in [0.5, 0.6) is 11.5 Å². The predicted molar refractivity (Wildman–Crippen MR) is 87.7 cm³/mol. The number of hydrogen-bond acceptors (Lipinski definition) is 5. The summed E-state index contributed by atoms with van der Waals surface area (Å²) >= 11 is 0.834. The van der Waals surface area contributed by atoms with Gasteiger partial charge < -0.3 is 10.2 Å². The molecule has 0 aromatic heterocycles. The van der Waals surface area contributed by atoms with Crippen LogP contribution in [-0.2, 0) is 11.3 Å². The van der Waals surface area contributed by atoms with E-state index in [0.717, 1.165) is 17.3 Å². The van der Waals surface area contributed by atoms with Crippen molar-refractivity contribution < 1.29 is 19.8 Å². The Morgan fingerprint density at radius 3 is 2.48 bits per heavy atom. The molecule has 0 aliphatic carbocycles. The van der Waals surface area contributed by atoms with Crippen molar-refractivity contribution in [3.05, 3.63) is 64.6 Å². The van der Waals surface area contributed by atoms with Gasteiger partial charge in [0.2, 0.25) is 0 Å². The average molecular weight is 327 g/mol. The molecule has 0 radical (unpaired) electrons. The molecule has 1 saturated heterocycles. The van der Waals surface area contributed by atoms with E-state index in [4.69, 9.17) is 0 Å². The number of hydrogen-bond donors (Lipinski definition) is 2. The molecule has 0 atom stereocenters. The van der Waals surface area contributed by atoms with E-state index in [9.17, 15) is 19.8 Å². The van der Waals surface area contributed by atoms with Gasteiger partial charge in [-0.05, 0) is 35.5 Å². The first-order valence-electron chi connectivity index (χ1n) is 6.86. The quantitative estimate of drug-likeness (QED) is 0.846. The summed E-state index contributed by atoms with van der Waals surface area (Å²) in [4.78, 5) is 25.9. The maximum Gasteiger partial charge on any atom is 0.293 e. The predicted octanol–water partition coefficient (Wildman–Crippen LogP) is 3.33. The number of imide groups is 1. The fraction of sp³-hybridized carbons (Fsp3) is 0.0588. The summed E-state index contributed by atoms with van der Waals surface area (Å²) in [6.07, 6.45) is 1.45. The Labute approximate surface area is 136 Å². The van der Waals surface area contributed by atoms with Crippen molar-refractivity contribution in [2.45, 2.75) is 6.54 Å². The lowest BCUT2D eigenvalue weighted by Gasteiger charge is -2.12. The van der Waals surface area contributed by atoms with Gasteiger partial charge in [0.25, 0.3) is 11.1 Å². The minimum atomic E-state index is -0.392. The maximum absolute atomic E-state index is 12.4. The lowest BCUT2D eigenvalue weighted by molar-refractivity contribution is -0.123. The zero-order valence-corrected chi connectivity index (χ0v) is 12.8. The van der Waals surface area contributed by atoms with Gasteiger partial charge in [-0.3, -0.25) is 14.5 Å². The molecule has 5 nitrogen and oxygen atoms in total. The minimum absolute atomic E-state index is 0.0724. The van der Waals surface area contributed by atoms with Gasteiger partial charge in [0, 0.05) is 11.6 Å². The fourth-order valence-corrected chi connectivity index (χ4v) is 3.03. The van der Waals surface area contributed by atoms with Crippen LogP contribution in [0.25, 0.3) is 6.08 Å². The van der Waals surface area contributed by atoms with Gasteiger partial charge in [-0.25, -0.2) is 0 Å². The molecule has 2 amide bonds. The summed E-state index contributed by atoms with van der Waals surface area (Å²) in [5.74, 6) is -0.618. The second kappa shape index (κ2) is 6.18. The highest BCUT2D eigenvalue weighted by atomic mass is 32.2. The number of amides is 2. The fourth-order valence-electron chi connectivity index (χ4n) is 2.20. The molecule has 3 rings (SSSR count). The SMILES string of the molecule is O=C1S/C(=C\c2ccc(O)cc2O)C(=O)N1Cc1ccccc1. The Kier molecular flexibility index (Phi) is 4.08. The van der Waals surface area contributed by atoms with Crippen LogP contribution in [0.15, 0.2) is 53.4 Å². The normalized spacial score (nSPS) is 16.3. The number of benzene rings is 2. The maximum atomic E-state index is 12.4. The van der Waals surface area contributed by atoms with E-state index in [1.807, 2.05) is 30.3 Å². The zero-order valence-electron chi connectivity index (χ0n) is 12.0. The van der Waals surface area contributed by atoms with Gasteiger partial charge in [-0.2, -0.15) is 0 Å². The van der Waals surface area contributed by atoms with Crippen molar-refractivity contribution in [2.24, 2.45) is 0 Å². The second-order valence-electron chi connectivity index (χ2n) is 5.00. The van der Waals surface area contributed by atoms with Crippen LogP contribution in [0.3, 0.4) is 0 Å². The van der Waals surface area contributed by atoms with Crippen LogP contribution >= 0.6 is 11.8 Å². The molecule has 6 heteroatoms. The van der Waals surface area contributed by atoms with Gasteiger partial charge in [0.05, 0.1) is 11.4 Å². The summed E-state index contributed by atoms with van der Waals surface area (Å²) in [6.45, 7) is 0.213. The van der Waals surface area contributed by atoms with Crippen molar-refractivity contribution in [2.75, 3.05) is 0 Å². The van der Waals surface area contributed by atoms with Crippen LogP contribution in [-0.4, -0.2) is 26.3 Å². The number of aromatic hydroxyl groups is 2. The summed E-state index contributed by atoms with van der Waals surface area (Å²) < 4.78 is 0. The second-order valence-corrected chi connectivity index (χ2v) is 5.99. The topological polar surface area (TPSA) is 77.8 Å². The summed E-state index contributed by atoms with van der Waals surface area (Å²) in [5, 5.41) is 18.7. The first-order valence-corrected chi connectivity index (χ1v) is 7.67. The number of carbonyl (C=O) groups is 2. The third kappa shape index (κ3) is 3.22. The van der Waals surface area contributed by atoms with Crippen molar-refractivity contribution in [3.8, 4) is 11.5 Å². The van der Waals surface area contributed by atoms with E-state index in [2.05, 4.69) is 0 Å². The molecule has 1 heterocycles. The van der Waals surface area contributed by atoms with Crippen LogP contribution < -0.4 is 0 Å². The standard InChI is InChI=1S/C17H13NO4S/c19-13-7-6-12(14(20)9-13)8-15-16(21)18(17(22)23-15)10-11-4-2-1-3-5-11/h1-9,19-20H,10H2/b15-8-. The molecule has 116 valence electrons. The summed E-state index contributed by atoms with van der Waals surface area (Å²) in [7, 11) is 0. The summed E-state index contributed by atoms with van der Waals surface area (Å²) in [5.41, 5.74) is 1.23. The van der Waals surface area contributed by atoms with E-state index in [1.165, 1.54) is 29.2 Å². The molecule has 1 aliphatic rings. The third-order valence-corrected chi connectivity index (χ3v) is 4.27. The monoisotopic (exact) mass is 327 g/mol. The largest absolute Gasteiger partial charge is 0.508 e. The molecular weight excluding hydrogens is 314 g/mol. The molecule has 23 heavy (non-hydrogen) atoms. The zero-order chi connectivity index (χ0) is 16.4. The highest BCUT2D eigenvalue weighted by Crippen LogP contribution is 2.35. The van der Waals surface area contributed by atoms with Crippen LogP contribution in [0.2, 0.25) is 0 Å². The Hall–Kier alpha value is -2.73. The van der Waals surface area contributed by atoms with Crippen molar-refractivity contribution >= 4 is 29.0 Å². The van der Waals surface area contributed by atoms with Crippen molar-refractivity contribution in [3.63, 3.8) is 0 Å². The van der Waals surface area contributed by atoms with Crippen molar-refractivity contribution in [1.82, 2.24) is 4.90 Å². The van der Waals surface area contributed by atoms with Gasteiger partial charge in [0.1, 0.15) is 11.5 Å². The highest BCUT2D eigenvalue weighted by molar-refractivity contribution is 8.18. The molecule has 0 bridgehead atoms.